The Morgan fingerprint density at radius 3 is 1.71 bits per heavy atom. The average Bonchev–Trinajstić information content (AvgIpc) is 2.66. The lowest BCUT2D eigenvalue weighted by molar-refractivity contribution is -0.189. The number of benzene rings is 2. The second-order valence-electron chi connectivity index (χ2n) is 5.65. The van der Waals surface area contributed by atoms with Crippen LogP contribution in [-0.2, 0) is 21.4 Å². The summed E-state index contributed by atoms with van der Waals surface area (Å²) in [6.07, 6.45) is -5.28. The van der Waals surface area contributed by atoms with Crippen LogP contribution in [-0.4, -0.2) is 40.1 Å². The topological polar surface area (TPSA) is 81.7 Å². The number of aliphatic carboxylic acids is 1. The van der Waals surface area contributed by atoms with Gasteiger partial charge in [-0.05, 0) is 31.6 Å². The number of hydrogen-bond donors (Lipinski definition) is 3. The number of nitrogens with zero attached hydrogens (tertiary/aromatic N) is 1. The second-order valence-corrected chi connectivity index (χ2v) is 7.43. The van der Waals surface area contributed by atoms with Crippen molar-refractivity contribution in [1.29, 1.82) is 0 Å². The highest BCUT2D eigenvalue weighted by atomic mass is 32.4. The molecule has 11 heteroatoms. The van der Waals surface area contributed by atoms with Gasteiger partial charge in [-0.1, -0.05) is 48.2 Å². The summed E-state index contributed by atoms with van der Waals surface area (Å²) in [5.74, 6) is -3.91. The Morgan fingerprint density at radius 1 is 0.964 bits per heavy atom. The van der Waals surface area contributed by atoms with Crippen LogP contribution in [0.1, 0.15) is 0 Å². The number of nitrogens with one attached hydrogen (secondary N) is 2. The van der Waals surface area contributed by atoms with Crippen LogP contribution in [0.3, 0.4) is 0 Å². The fraction of sp³-hybridized carbons (Fsp3) is 0.176. The van der Waals surface area contributed by atoms with Crippen molar-refractivity contribution in [3.63, 3.8) is 0 Å². The molecule has 0 aliphatic rings. The van der Waals surface area contributed by atoms with Gasteiger partial charge in [0.05, 0.1) is 0 Å². The van der Waals surface area contributed by atoms with Gasteiger partial charge >= 0.3 is 18.1 Å². The molecule has 0 saturated carbocycles. The SMILES string of the molecule is O=C(O)CN(C(=O)C(F)(F)F)C(Nc1ccccc1)(Nc1ccccc1)[PH2]=S. The fourth-order valence-corrected chi connectivity index (χ4v) is 3.94. The molecular formula is C17H17F3N3O3PS. The first-order valence-electron chi connectivity index (χ1n) is 7.91. The van der Waals surface area contributed by atoms with Gasteiger partial charge in [-0.3, -0.25) is 14.5 Å². The zero-order chi connectivity index (χ0) is 20.8. The predicted octanol–water partition coefficient (Wildman–Crippen LogP) is 3.17. The molecule has 0 spiro atoms. The van der Waals surface area contributed by atoms with E-state index in [0.29, 0.717) is 11.4 Å². The zero-order valence-corrected chi connectivity index (χ0v) is 16.3. The van der Waals surface area contributed by atoms with Gasteiger partial charge < -0.3 is 15.7 Å². The van der Waals surface area contributed by atoms with E-state index in [1.54, 1.807) is 60.7 Å². The lowest BCUT2D eigenvalue weighted by Crippen LogP contribution is -2.62. The van der Waals surface area contributed by atoms with E-state index < -0.39 is 37.5 Å². The lowest BCUT2D eigenvalue weighted by Gasteiger charge is -2.43. The minimum Gasteiger partial charge on any atom is -0.480 e. The number of carbonyl (C=O) groups excluding carboxylic acids is 1. The summed E-state index contributed by atoms with van der Waals surface area (Å²) in [4.78, 5) is 23.6. The molecule has 0 aliphatic carbocycles. The largest absolute Gasteiger partial charge is 0.480 e. The minimum absolute atomic E-state index is 0.192. The van der Waals surface area contributed by atoms with E-state index in [4.69, 9.17) is 16.9 Å². The Morgan fingerprint density at radius 2 is 1.39 bits per heavy atom. The molecular weight excluding hydrogens is 414 g/mol. The van der Waals surface area contributed by atoms with Gasteiger partial charge in [-0.2, -0.15) is 13.2 Å². The number of carboxylic acids is 1. The summed E-state index contributed by atoms with van der Waals surface area (Å²) in [7, 11) is -1.36. The van der Waals surface area contributed by atoms with E-state index in [0.717, 1.165) is 0 Å². The average molecular weight is 431 g/mol. The second kappa shape index (κ2) is 9.07. The summed E-state index contributed by atoms with van der Waals surface area (Å²) in [6.45, 7) is -1.19. The Balaban J connectivity index is 2.58. The highest BCUT2D eigenvalue weighted by Crippen LogP contribution is 2.34. The van der Waals surface area contributed by atoms with Crippen molar-refractivity contribution in [2.24, 2.45) is 0 Å². The number of carboxylic acid groups (broad SMARTS) is 1. The summed E-state index contributed by atoms with van der Waals surface area (Å²) >= 11 is 5.16. The van der Waals surface area contributed by atoms with Gasteiger partial charge in [0.2, 0.25) is 5.53 Å². The quantitative estimate of drug-likeness (QED) is 0.440. The first-order valence-corrected chi connectivity index (χ1v) is 10.4. The number of anilines is 2. The molecule has 2 rings (SSSR count). The highest BCUT2D eigenvalue weighted by Gasteiger charge is 2.50. The van der Waals surface area contributed by atoms with Gasteiger partial charge in [0.15, 0.2) is 0 Å². The van der Waals surface area contributed by atoms with Crippen molar-refractivity contribution in [3.8, 4) is 0 Å². The smallest absolute Gasteiger partial charge is 0.471 e. The van der Waals surface area contributed by atoms with Crippen LogP contribution in [0.4, 0.5) is 24.5 Å². The molecule has 0 aliphatic heterocycles. The third-order valence-corrected chi connectivity index (χ3v) is 5.56. The maximum absolute atomic E-state index is 13.2. The Hall–Kier alpha value is -2.58. The standard InChI is InChI=1S/C17H17F3N3O3PS/c18-16(19,20)15(26)23(11-14(24)25)17(27-28,21-12-7-3-1-4-8-12)22-13-9-5-2-6-10-13/h1-10,21-22H,11,27H2,(H,24,25). The normalized spacial score (nSPS) is 12.0. The number of alkyl halides is 3. The molecule has 0 radical (unpaired) electrons. The van der Waals surface area contributed by atoms with Gasteiger partial charge in [0.25, 0.3) is 0 Å². The van der Waals surface area contributed by atoms with Crippen molar-refractivity contribution in [1.82, 2.24) is 4.90 Å². The molecule has 6 nitrogen and oxygen atoms in total. The number of amides is 1. The number of halogens is 3. The van der Waals surface area contributed by atoms with Crippen molar-refractivity contribution in [2.45, 2.75) is 11.7 Å². The molecule has 0 bridgehead atoms. The van der Waals surface area contributed by atoms with Crippen LogP contribution >= 0.6 is 7.36 Å². The third kappa shape index (κ3) is 5.46. The summed E-state index contributed by atoms with van der Waals surface area (Å²) in [5, 5.41) is 14.8. The summed E-state index contributed by atoms with van der Waals surface area (Å²) < 4.78 is 39.7. The zero-order valence-electron chi connectivity index (χ0n) is 14.3. The van der Waals surface area contributed by atoms with Crippen molar-refractivity contribution >= 4 is 42.4 Å². The third-order valence-electron chi connectivity index (χ3n) is 3.59. The Kier molecular flexibility index (Phi) is 7.04. The molecule has 0 aromatic heterocycles. The number of rotatable bonds is 8. The number of carbonyl (C=O) groups is 2. The molecule has 1 atom stereocenters. The lowest BCUT2D eigenvalue weighted by atomic mass is 10.3. The van der Waals surface area contributed by atoms with Crippen LogP contribution in [0, 0.1) is 0 Å². The van der Waals surface area contributed by atoms with Crippen molar-refractivity contribution in [2.75, 3.05) is 17.2 Å². The monoisotopic (exact) mass is 431 g/mol. The van der Waals surface area contributed by atoms with E-state index in [1.165, 1.54) is 0 Å². The van der Waals surface area contributed by atoms with E-state index >= 15 is 0 Å². The molecule has 1 unspecified atom stereocenters. The van der Waals surface area contributed by atoms with E-state index in [-0.39, 0.29) is 4.90 Å². The van der Waals surface area contributed by atoms with E-state index in [1.807, 2.05) is 0 Å². The molecule has 150 valence electrons. The Bertz CT molecular complexity index is 796. The molecule has 2 aromatic carbocycles. The predicted molar refractivity (Wildman–Crippen MR) is 105 cm³/mol. The molecule has 0 heterocycles. The fourth-order valence-electron chi connectivity index (χ4n) is 2.42. The first kappa shape index (κ1) is 21.7. The number of hydrogen-bond acceptors (Lipinski definition) is 5. The van der Waals surface area contributed by atoms with Gasteiger partial charge in [-0.25, -0.2) is 0 Å². The van der Waals surface area contributed by atoms with Gasteiger partial charge in [-0.15, -0.1) is 0 Å². The first-order chi connectivity index (χ1) is 13.2. The van der Waals surface area contributed by atoms with Crippen LogP contribution in [0.2, 0.25) is 0 Å². The minimum atomic E-state index is -5.28. The molecule has 0 fully saturated rings. The van der Waals surface area contributed by atoms with Gasteiger partial charge in [0.1, 0.15) is 6.54 Å². The van der Waals surface area contributed by atoms with Crippen molar-refractivity contribution in [3.05, 3.63) is 60.7 Å². The molecule has 0 saturated heterocycles. The number of para-hydroxylation sites is 2. The van der Waals surface area contributed by atoms with Crippen molar-refractivity contribution < 1.29 is 27.9 Å². The van der Waals surface area contributed by atoms with Crippen LogP contribution in [0.25, 0.3) is 0 Å². The van der Waals surface area contributed by atoms with E-state index in [2.05, 4.69) is 10.6 Å². The molecule has 28 heavy (non-hydrogen) atoms. The maximum Gasteiger partial charge on any atom is 0.471 e. The summed E-state index contributed by atoms with van der Waals surface area (Å²) in [6, 6.07) is 16.3. The van der Waals surface area contributed by atoms with E-state index in [9.17, 15) is 22.8 Å². The maximum atomic E-state index is 13.2. The van der Waals surface area contributed by atoms with Crippen LogP contribution in [0.5, 0.6) is 0 Å². The highest BCUT2D eigenvalue weighted by molar-refractivity contribution is 7.97. The molecule has 2 aromatic rings. The van der Waals surface area contributed by atoms with Crippen LogP contribution < -0.4 is 10.6 Å². The van der Waals surface area contributed by atoms with Crippen LogP contribution in [0.15, 0.2) is 60.7 Å². The van der Waals surface area contributed by atoms with Gasteiger partial charge in [0, 0.05) is 11.4 Å². The molecule has 3 N–H and O–H groups in total. The molecule has 1 amide bonds. The Labute approximate surface area is 165 Å². The summed E-state index contributed by atoms with van der Waals surface area (Å²) in [5.41, 5.74) is -1.20.